The van der Waals surface area contributed by atoms with Gasteiger partial charge in [0, 0.05) is 0 Å². The second-order valence-electron chi connectivity index (χ2n) is 3.72. The molecule has 0 atom stereocenters. The first kappa shape index (κ1) is 12.3. The fraction of sp³-hybridized carbons (Fsp3) is 0.133. The van der Waals surface area contributed by atoms with E-state index >= 15 is 0 Å². The van der Waals surface area contributed by atoms with Gasteiger partial charge in [0.05, 0.1) is 12.2 Å². The van der Waals surface area contributed by atoms with Crippen LogP contribution in [-0.4, -0.2) is 12.6 Å². The Morgan fingerprint density at radius 2 is 1.56 bits per heavy atom. The molecular formula is C15H14O3. The minimum atomic E-state index is -0.475. The molecule has 0 fully saturated rings. The van der Waals surface area contributed by atoms with E-state index in [1.165, 1.54) is 0 Å². The first-order chi connectivity index (χ1) is 8.81. The number of benzene rings is 2. The van der Waals surface area contributed by atoms with Crippen molar-refractivity contribution < 1.29 is 14.6 Å². The third-order valence-electron chi connectivity index (χ3n) is 2.48. The van der Waals surface area contributed by atoms with Gasteiger partial charge in [0.2, 0.25) is 0 Å². The van der Waals surface area contributed by atoms with Crippen LogP contribution in [0.3, 0.4) is 0 Å². The summed E-state index contributed by atoms with van der Waals surface area (Å²) in [5.74, 6) is -0.475. The van der Waals surface area contributed by atoms with Crippen molar-refractivity contribution in [3.05, 3.63) is 60.2 Å². The summed E-state index contributed by atoms with van der Waals surface area (Å²) in [6.45, 7) is 2.10. The van der Waals surface area contributed by atoms with Crippen molar-refractivity contribution in [2.75, 3.05) is 6.61 Å². The molecule has 0 N–H and O–H groups in total. The normalized spacial score (nSPS) is 10.1. The number of hydrogen-bond donors (Lipinski definition) is 0. The Morgan fingerprint density at radius 1 is 0.944 bits per heavy atom. The molecule has 0 saturated heterocycles. The van der Waals surface area contributed by atoms with Crippen LogP contribution in [0.4, 0.5) is 0 Å². The zero-order chi connectivity index (χ0) is 12.8. The van der Waals surface area contributed by atoms with Gasteiger partial charge in [0.1, 0.15) is 0 Å². The molecule has 0 aliphatic rings. The molecule has 2 aromatic rings. The zero-order valence-corrected chi connectivity index (χ0v) is 10.1. The fourth-order valence-electron chi connectivity index (χ4n) is 1.59. The molecule has 2 aromatic carbocycles. The van der Waals surface area contributed by atoms with Gasteiger partial charge in [-0.15, -0.1) is 0 Å². The van der Waals surface area contributed by atoms with Crippen molar-refractivity contribution in [1.82, 2.24) is 0 Å². The van der Waals surface area contributed by atoms with Gasteiger partial charge in [-0.2, -0.15) is 4.89 Å². The monoisotopic (exact) mass is 242 g/mol. The maximum Gasteiger partial charge on any atom is 0.373 e. The highest BCUT2D eigenvalue weighted by Crippen LogP contribution is 2.19. The summed E-state index contributed by atoms with van der Waals surface area (Å²) >= 11 is 0. The third kappa shape index (κ3) is 2.96. The first-order valence-electron chi connectivity index (χ1n) is 5.80. The van der Waals surface area contributed by atoms with E-state index in [-0.39, 0.29) is 0 Å². The molecular weight excluding hydrogens is 228 g/mol. The predicted molar refractivity (Wildman–Crippen MR) is 68.9 cm³/mol. The minimum absolute atomic E-state index is 0.341. The van der Waals surface area contributed by atoms with E-state index in [2.05, 4.69) is 9.78 Å². The fourth-order valence-corrected chi connectivity index (χ4v) is 1.59. The summed E-state index contributed by atoms with van der Waals surface area (Å²) < 4.78 is 0. The Hall–Kier alpha value is -2.13. The largest absolute Gasteiger partial charge is 0.373 e. The molecule has 0 saturated carbocycles. The van der Waals surface area contributed by atoms with Crippen molar-refractivity contribution in [2.24, 2.45) is 0 Å². The van der Waals surface area contributed by atoms with Gasteiger partial charge in [0.25, 0.3) is 0 Å². The standard InChI is InChI=1S/C15H14O3/c1-2-17-18-15(16)14-10-8-13(9-11-14)12-6-4-3-5-7-12/h3-11H,2H2,1H3. The Labute approximate surface area is 106 Å². The van der Waals surface area contributed by atoms with Crippen LogP contribution in [0, 0.1) is 0 Å². The summed E-state index contributed by atoms with van der Waals surface area (Å²) in [6, 6.07) is 17.2. The number of carbonyl (C=O) groups is 1. The van der Waals surface area contributed by atoms with Gasteiger partial charge in [-0.05, 0) is 30.2 Å². The highest BCUT2D eigenvalue weighted by atomic mass is 17.2. The van der Waals surface area contributed by atoms with Crippen molar-refractivity contribution in [1.29, 1.82) is 0 Å². The summed E-state index contributed by atoms with van der Waals surface area (Å²) in [5, 5.41) is 0. The van der Waals surface area contributed by atoms with E-state index in [1.807, 2.05) is 42.5 Å². The topological polar surface area (TPSA) is 35.5 Å². The lowest BCUT2D eigenvalue weighted by molar-refractivity contribution is -0.236. The molecule has 0 unspecified atom stereocenters. The molecule has 0 radical (unpaired) electrons. The molecule has 92 valence electrons. The van der Waals surface area contributed by atoms with E-state index < -0.39 is 5.97 Å². The molecule has 0 aromatic heterocycles. The first-order valence-corrected chi connectivity index (χ1v) is 5.80. The lowest BCUT2D eigenvalue weighted by Crippen LogP contribution is -2.05. The highest BCUT2D eigenvalue weighted by Gasteiger charge is 2.07. The molecule has 0 aliphatic heterocycles. The van der Waals surface area contributed by atoms with Crippen LogP contribution in [0.2, 0.25) is 0 Å². The van der Waals surface area contributed by atoms with Gasteiger partial charge in [-0.1, -0.05) is 42.5 Å². The SMILES string of the molecule is CCOOC(=O)c1ccc(-c2ccccc2)cc1. The van der Waals surface area contributed by atoms with Crippen LogP contribution in [0.5, 0.6) is 0 Å². The maximum absolute atomic E-state index is 11.5. The lowest BCUT2D eigenvalue weighted by Gasteiger charge is -2.04. The van der Waals surface area contributed by atoms with Crippen molar-refractivity contribution >= 4 is 5.97 Å². The van der Waals surface area contributed by atoms with E-state index in [1.54, 1.807) is 19.1 Å². The van der Waals surface area contributed by atoms with Crippen molar-refractivity contribution in [3.8, 4) is 11.1 Å². The Kier molecular flexibility index (Phi) is 4.10. The maximum atomic E-state index is 11.5. The molecule has 3 nitrogen and oxygen atoms in total. The van der Waals surface area contributed by atoms with Gasteiger partial charge in [-0.25, -0.2) is 4.79 Å². The molecule has 0 spiro atoms. The Bertz CT molecular complexity index is 503. The average molecular weight is 242 g/mol. The number of hydrogen-bond acceptors (Lipinski definition) is 3. The molecule has 0 aliphatic carbocycles. The summed E-state index contributed by atoms with van der Waals surface area (Å²) in [6.07, 6.45) is 0. The second kappa shape index (κ2) is 5.98. The van der Waals surface area contributed by atoms with Crippen LogP contribution < -0.4 is 0 Å². The van der Waals surface area contributed by atoms with Crippen molar-refractivity contribution in [2.45, 2.75) is 6.92 Å². The van der Waals surface area contributed by atoms with E-state index in [4.69, 9.17) is 0 Å². The molecule has 0 amide bonds. The third-order valence-corrected chi connectivity index (χ3v) is 2.48. The average Bonchev–Trinajstić information content (AvgIpc) is 2.46. The molecule has 0 heterocycles. The Balaban J connectivity index is 2.13. The van der Waals surface area contributed by atoms with Gasteiger partial charge in [-0.3, -0.25) is 4.89 Å². The number of rotatable bonds is 4. The molecule has 0 bridgehead atoms. The Morgan fingerprint density at radius 3 is 2.17 bits per heavy atom. The minimum Gasteiger partial charge on any atom is -0.293 e. The van der Waals surface area contributed by atoms with Gasteiger partial charge in [0.15, 0.2) is 0 Å². The molecule has 2 rings (SSSR count). The number of carbonyl (C=O) groups excluding carboxylic acids is 1. The summed E-state index contributed by atoms with van der Waals surface area (Å²) in [4.78, 5) is 20.7. The highest BCUT2D eigenvalue weighted by molar-refractivity contribution is 5.89. The van der Waals surface area contributed by atoms with Crippen LogP contribution >= 0.6 is 0 Å². The predicted octanol–water partition coefficient (Wildman–Crippen LogP) is 3.46. The summed E-state index contributed by atoms with van der Waals surface area (Å²) in [7, 11) is 0. The lowest BCUT2D eigenvalue weighted by atomic mass is 10.0. The van der Waals surface area contributed by atoms with Crippen LogP contribution in [0.1, 0.15) is 17.3 Å². The second-order valence-corrected chi connectivity index (χ2v) is 3.72. The zero-order valence-electron chi connectivity index (χ0n) is 10.1. The van der Waals surface area contributed by atoms with E-state index in [0.717, 1.165) is 11.1 Å². The quantitative estimate of drug-likeness (QED) is 0.608. The van der Waals surface area contributed by atoms with E-state index in [9.17, 15) is 4.79 Å². The van der Waals surface area contributed by atoms with Crippen LogP contribution in [0.15, 0.2) is 54.6 Å². The molecule has 3 heteroatoms. The van der Waals surface area contributed by atoms with Gasteiger partial charge >= 0.3 is 5.97 Å². The smallest absolute Gasteiger partial charge is 0.293 e. The van der Waals surface area contributed by atoms with E-state index in [0.29, 0.717) is 12.2 Å². The van der Waals surface area contributed by atoms with Crippen molar-refractivity contribution in [3.63, 3.8) is 0 Å². The van der Waals surface area contributed by atoms with Gasteiger partial charge < -0.3 is 0 Å². The van der Waals surface area contributed by atoms with Crippen LogP contribution in [-0.2, 0) is 9.78 Å². The summed E-state index contributed by atoms with van der Waals surface area (Å²) in [5.41, 5.74) is 2.65. The molecule has 18 heavy (non-hydrogen) atoms. The van der Waals surface area contributed by atoms with Crippen LogP contribution in [0.25, 0.3) is 11.1 Å².